The molecule has 0 spiro atoms. The lowest BCUT2D eigenvalue weighted by Gasteiger charge is -2.19. The number of aromatic amines is 1. The van der Waals surface area contributed by atoms with Crippen molar-refractivity contribution in [2.45, 2.75) is 20.8 Å². The molecule has 28 heavy (non-hydrogen) atoms. The molecule has 140 valence electrons. The summed E-state index contributed by atoms with van der Waals surface area (Å²) < 4.78 is 19.9. The first-order chi connectivity index (χ1) is 13.4. The Morgan fingerprint density at radius 1 is 1.14 bits per heavy atom. The van der Waals surface area contributed by atoms with E-state index in [-0.39, 0.29) is 5.41 Å². The van der Waals surface area contributed by atoms with E-state index in [2.05, 4.69) is 47.9 Å². The lowest BCUT2D eigenvalue weighted by atomic mass is 9.99. The van der Waals surface area contributed by atoms with E-state index in [9.17, 15) is 4.39 Å². The fourth-order valence-corrected chi connectivity index (χ4v) is 2.81. The first kappa shape index (κ1) is 18.0. The second-order valence-corrected chi connectivity index (χ2v) is 7.89. The zero-order valence-corrected chi connectivity index (χ0v) is 16.0. The maximum absolute atomic E-state index is 14.0. The average molecular weight is 373 g/mol. The first-order valence-electron chi connectivity index (χ1n) is 9.06. The van der Waals surface area contributed by atoms with Crippen molar-refractivity contribution < 1.29 is 9.13 Å². The molecule has 4 nitrogen and oxygen atoms in total. The number of benzene rings is 1. The van der Waals surface area contributed by atoms with Crippen molar-refractivity contribution in [1.82, 2.24) is 15.0 Å². The molecule has 0 bridgehead atoms. The van der Waals surface area contributed by atoms with Gasteiger partial charge < -0.3 is 9.72 Å². The number of ether oxygens (including phenoxy) is 1. The van der Waals surface area contributed by atoms with Crippen molar-refractivity contribution in [3.05, 3.63) is 66.6 Å². The number of aromatic nitrogens is 3. The zero-order chi connectivity index (χ0) is 19.7. The smallest absolute Gasteiger partial charge is 0.181 e. The largest absolute Gasteiger partial charge is 0.493 e. The maximum Gasteiger partial charge on any atom is 0.181 e. The van der Waals surface area contributed by atoms with Crippen LogP contribution < -0.4 is 4.74 Å². The van der Waals surface area contributed by atoms with Crippen molar-refractivity contribution in [3.63, 3.8) is 0 Å². The average Bonchev–Trinajstić information content (AvgIpc) is 3.10. The first-order valence-corrected chi connectivity index (χ1v) is 9.06. The van der Waals surface area contributed by atoms with Crippen LogP contribution in [0.15, 0.2) is 48.7 Å². The molecule has 0 aliphatic heterocycles. The van der Waals surface area contributed by atoms with Crippen molar-refractivity contribution in [2.75, 3.05) is 6.61 Å². The minimum atomic E-state index is -0.452. The molecule has 0 aliphatic rings. The highest BCUT2D eigenvalue weighted by Gasteiger charge is 2.13. The Labute approximate surface area is 163 Å². The summed E-state index contributed by atoms with van der Waals surface area (Å²) in [6.07, 6.45) is 1.61. The van der Waals surface area contributed by atoms with E-state index in [1.54, 1.807) is 18.3 Å². The van der Waals surface area contributed by atoms with Gasteiger partial charge in [0, 0.05) is 22.9 Å². The lowest BCUT2D eigenvalue weighted by Crippen LogP contribution is -2.16. The Kier molecular flexibility index (Phi) is 4.48. The van der Waals surface area contributed by atoms with E-state index in [0.717, 1.165) is 16.8 Å². The number of nitrogens with one attached hydrogen (secondary N) is 1. The highest BCUT2D eigenvalue weighted by Crippen LogP contribution is 2.27. The Hall–Kier alpha value is -3.39. The molecule has 0 saturated heterocycles. The van der Waals surface area contributed by atoms with Crippen LogP contribution in [-0.4, -0.2) is 21.6 Å². The third-order valence-corrected chi connectivity index (χ3v) is 4.18. The summed E-state index contributed by atoms with van der Waals surface area (Å²) in [6, 6.07) is 18.0. The summed E-state index contributed by atoms with van der Waals surface area (Å²) in [4.78, 5) is 12.2. The summed E-state index contributed by atoms with van der Waals surface area (Å²) in [5, 5.41) is 0. The third kappa shape index (κ3) is 3.81. The SMILES string of the molecule is CC(C)(C)COc1cccc(-c2nc3ncc(-c4ccc#cc4F)cc3[nH]2)c1. The van der Waals surface area contributed by atoms with Gasteiger partial charge in [-0.25, -0.2) is 9.97 Å². The van der Waals surface area contributed by atoms with Crippen LogP contribution in [0.4, 0.5) is 4.39 Å². The van der Waals surface area contributed by atoms with Crippen LogP contribution in [-0.2, 0) is 0 Å². The molecule has 2 heterocycles. The predicted octanol–water partition coefficient (Wildman–Crippen LogP) is 5.46. The van der Waals surface area contributed by atoms with Gasteiger partial charge >= 0.3 is 0 Å². The van der Waals surface area contributed by atoms with Crippen LogP contribution in [0.1, 0.15) is 20.8 Å². The predicted molar refractivity (Wildman–Crippen MR) is 107 cm³/mol. The van der Waals surface area contributed by atoms with Gasteiger partial charge in [-0.15, -0.1) is 0 Å². The fraction of sp³-hybridized carbons (Fsp3) is 0.217. The third-order valence-electron chi connectivity index (χ3n) is 4.18. The normalized spacial score (nSPS) is 11.4. The molecular weight excluding hydrogens is 353 g/mol. The molecule has 0 unspecified atom stereocenters. The zero-order valence-electron chi connectivity index (χ0n) is 16.0. The molecule has 0 saturated carbocycles. The summed E-state index contributed by atoms with van der Waals surface area (Å²) in [6.45, 7) is 7.01. The van der Waals surface area contributed by atoms with Crippen LogP contribution in [0, 0.1) is 23.4 Å². The molecule has 0 radical (unpaired) electrons. The summed E-state index contributed by atoms with van der Waals surface area (Å²) in [5.41, 5.74) is 3.39. The van der Waals surface area contributed by atoms with Gasteiger partial charge in [0.05, 0.1) is 12.1 Å². The topological polar surface area (TPSA) is 50.8 Å². The molecule has 2 aromatic carbocycles. The number of hydrogen-bond donors (Lipinski definition) is 1. The highest BCUT2D eigenvalue weighted by atomic mass is 19.1. The number of hydrogen-bond acceptors (Lipinski definition) is 3. The molecule has 4 aromatic rings. The van der Waals surface area contributed by atoms with Gasteiger partial charge in [-0.3, -0.25) is 0 Å². The van der Waals surface area contributed by atoms with Crippen molar-refractivity contribution in [1.29, 1.82) is 0 Å². The van der Waals surface area contributed by atoms with Gasteiger partial charge in [-0.05, 0) is 41.8 Å². The molecule has 4 rings (SSSR count). The Balaban J connectivity index is 1.66. The molecule has 0 atom stereocenters. The quantitative estimate of drug-likeness (QED) is 0.517. The number of fused-ring (bicyclic) bond motifs is 1. The van der Waals surface area contributed by atoms with Gasteiger partial charge in [0.1, 0.15) is 11.6 Å². The van der Waals surface area contributed by atoms with Crippen molar-refractivity contribution in [3.8, 4) is 28.3 Å². The Bertz CT molecular complexity index is 1130. The molecule has 5 heteroatoms. The van der Waals surface area contributed by atoms with E-state index in [4.69, 9.17) is 4.74 Å². The number of halogens is 1. The van der Waals surface area contributed by atoms with E-state index >= 15 is 0 Å². The minimum Gasteiger partial charge on any atom is -0.493 e. The van der Waals surface area contributed by atoms with E-state index in [1.165, 1.54) is 0 Å². The second kappa shape index (κ2) is 6.97. The van der Waals surface area contributed by atoms with E-state index in [1.807, 2.05) is 30.3 Å². The number of rotatable bonds is 4. The summed E-state index contributed by atoms with van der Waals surface area (Å²) in [7, 11) is 0. The Morgan fingerprint density at radius 3 is 2.79 bits per heavy atom. The van der Waals surface area contributed by atoms with E-state index in [0.29, 0.717) is 29.2 Å². The lowest BCUT2D eigenvalue weighted by molar-refractivity contribution is 0.198. The molecule has 0 aliphatic carbocycles. The summed E-state index contributed by atoms with van der Waals surface area (Å²) >= 11 is 0. The molecule has 0 fully saturated rings. The van der Waals surface area contributed by atoms with Gasteiger partial charge in [0.25, 0.3) is 0 Å². The standard InChI is InChI=1S/C23H20FN3O/c1-23(2,3)14-28-17-8-6-7-15(11-17)21-26-20-12-16(13-25-22(20)27-21)18-9-4-5-10-19(18)24/h4,6-9,11-13H,14H2,1-3H3,(H,25,26,27). The molecule has 0 amide bonds. The number of pyridine rings is 1. The van der Waals surface area contributed by atoms with Gasteiger partial charge in [0.2, 0.25) is 0 Å². The number of imidazole rings is 1. The molecule has 1 N–H and O–H groups in total. The van der Waals surface area contributed by atoms with Crippen molar-refractivity contribution >= 4 is 11.2 Å². The highest BCUT2D eigenvalue weighted by molar-refractivity contribution is 5.81. The van der Waals surface area contributed by atoms with Gasteiger partial charge in [0.15, 0.2) is 11.5 Å². The summed E-state index contributed by atoms with van der Waals surface area (Å²) in [5.74, 6) is 1.03. The van der Waals surface area contributed by atoms with E-state index < -0.39 is 5.82 Å². The molecule has 2 aromatic heterocycles. The van der Waals surface area contributed by atoms with Crippen LogP contribution in [0.2, 0.25) is 0 Å². The van der Waals surface area contributed by atoms with Crippen LogP contribution in [0.3, 0.4) is 0 Å². The Morgan fingerprint density at radius 2 is 2.00 bits per heavy atom. The van der Waals surface area contributed by atoms with Crippen LogP contribution in [0.5, 0.6) is 5.75 Å². The second-order valence-electron chi connectivity index (χ2n) is 7.89. The van der Waals surface area contributed by atoms with Gasteiger partial charge in [-0.1, -0.05) is 39.0 Å². The number of nitrogens with zero attached hydrogens (tertiary/aromatic N) is 2. The van der Waals surface area contributed by atoms with Gasteiger partial charge in [-0.2, -0.15) is 4.39 Å². The minimum absolute atomic E-state index is 0.0809. The van der Waals surface area contributed by atoms with Crippen LogP contribution >= 0.6 is 0 Å². The monoisotopic (exact) mass is 373 g/mol. The fourth-order valence-electron chi connectivity index (χ4n) is 2.81. The maximum atomic E-state index is 14.0. The molecular formula is C23H20FN3O. The number of H-pyrrole nitrogens is 1. The van der Waals surface area contributed by atoms with Crippen molar-refractivity contribution in [2.24, 2.45) is 5.41 Å². The van der Waals surface area contributed by atoms with Crippen LogP contribution in [0.25, 0.3) is 33.7 Å².